The summed E-state index contributed by atoms with van der Waals surface area (Å²) in [5, 5.41) is 6.71. The highest BCUT2D eigenvalue weighted by Gasteiger charge is 2.26. The van der Waals surface area contributed by atoms with Crippen molar-refractivity contribution in [1.29, 1.82) is 0 Å². The lowest BCUT2D eigenvalue weighted by Crippen LogP contribution is -2.40. The van der Waals surface area contributed by atoms with Crippen LogP contribution in [0.2, 0.25) is 5.02 Å². The Kier molecular flexibility index (Phi) is 8.11. The Morgan fingerprint density at radius 2 is 1.82 bits per heavy atom. The summed E-state index contributed by atoms with van der Waals surface area (Å²) in [5.74, 6) is -1.08. The fraction of sp³-hybridized carbons (Fsp3) is 0.320. The number of ether oxygens (including phenoxy) is 1. The number of anilines is 2. The number of benzene rings is 2. The molecule has 33 heavy (non-hydrogen) atoms. The van der Waals surface area contributed by atoms with Crippen LogP contribution in [0.3, 0.4) is 0 Å². The lowest BCUT2D eigenvalue weighted by molar-refractivity contribution is -0.142. The minimum Gasteiger partial charge on any atom is -0.466 e. The molecule has 1 heterocycles. The molecule has 0 spiro atoms. The average Bonchev–Trinajstić information content (AvgIpc) is 2.86. The van der Waals surface area contributed by atoms with E-state index in [1.54, 1.807) is 6.92 Å². The van der Waals surface area contributed by atoms with Crippen LogP contribution in [0.4, 0.5) is 11.4 Å². The Labute approximate surface area is 198 Å². The van der Waals surface area contributed by atoms with Gasteiger partial charge in [-0.15, -0.1) is 0 Å². The molecule has 0 radical (unpaired) electrons. The van der Waals surface area contributed by atoms with Gasteiger partial charge in [0.05, 0.1) is 24.4 Å². The fourth-order valence-electron chi connectivity index (χ4n) is 3.50. The molecule has 2 aromatic rings. The fourth-order valence-corrected chi connectivity index (χ4v) is 3.63. The molecule has 0 aliphatic carbocycles. The van der Waals surface area contributed by atoms with Crippen LogP contribution in [0.5, 0.6) is 0 Å². The van der Waals surface area contributed by atoms with E-state index in [1.165, 1.54) is 11.0 Å². The summed E-state index contributed by atoms with van der Waals surface area (Å²) in [6, 6.07) is 11.2. The molecular weight excluding hydrogens is 442 g/mol. The van der Waals surface area contributed by atoms with Gasteiger partial charge < -0.3 is 15.4 Å². The molecule has 1 aliphatic rings. The second kappa shape index (κ2) is 11.0. The van der Waals surface area contributed by atoms with E-state index in [-0.39, 0.29) is 31.4 Å². The SMILES string of the molecule is CCOC(=O)CC1=CC(=O)N(CC(=O)NCCc2ccc(Cl)cc2)c2cc(C)c(C)cc2N1. The number of fused-ring (bicyclic) bond motifs is 1. The number of aryl methyl sites for hydroxylation is 2. The van der Waals surface area contributed by atoms with Gasteiger partial charge in [0, 0.05) is 23.3 Å². The Morgan fingerprint density at radius 3 is 2.52 bits per heavy atom. The predicted octanol–water partition coefficient (Wildman–Crippen LogP) is 3.91. The third-order valence-electron chi connectivity index (χ3n) is 5.35. The van der Waals surface area contributed by atoms with Crippen molar-refractivity contribution in [2.24, 2.45) is 0 Å². The summed E-state index contributed by atoms with van der Waals surface area (Å²) in [6.45, 7) is 6.20. The first kappa shape index (κ1) is 24.3. The Morgan fingerprint density at radius 1 is 1.12 bits per heavy atom. The predicted molar refractivity (Wildman–Crippen MR) is 129 cm³/mol. The van der Waals surface area contributed by atoms with E-state index < -0.39 is 5.97 Å². The van der Waals surface area contributed by atoms with Crippen molar-refractivity contribution >= 4 is 40.8 Å². The second-order valence-corrected chi connectivity index (χ2v) is 8.32. The highest BCUT2D eigenvalue weighted by molar-refractivity contribution is 6.30. The summed E-state index contributed by atoms with van der Waals surface area (Å²) in [6.07, 6.45) is 1.94. The van der Waals surface area contributed by atoms with Crippen LogP contribution < -0.4 is 15.5 Å². The molecule has 2 aromatic carbocycles. The quantitative estimate of drug-likeness (QED) is 0.572. The first-order valence-corrected chi connectivity index (χ1v) is 11.2. The molecule has 2 amide bonds. The average molecular weight is 470 g/mol. The van der Waals surface area contributed by atoms with E-state index in [0.717, 1.165) is 16.7 Å². The first-order chi connectivity index (χ1) is 15.8. The van der Waals surface area contributed by atoms with E-state index in [2.05, 4.69) is 10.6 Å². The van der Waals surface area contributed by atoms with Crippen LogP contribution in [-0.2, 0) is 25.5 Å². The van der Waals surface area contributed by atoms with Crippen molar-refractivity contribution in [2.45, 2.75) is 33.6 Å². The number of rotatable bonds is 8. The minimum absolute atomic E-state index is 0.0624. The lowest BCUT2D eigenvalue weighted by Gasteiger charge is -2.23. The van der Waals surface area contributed by atoms with Crippen LogP contribution in [0.1, 0.15) is 30.0 Å². The van der Waals surface area contributed by atoms with Gasteiger partial charge >= 0.3 is 5.97 Å². The molecular formula is C25H28ClN3O4. The van der Waals surface area contributed by atoms with Gasteiger partial charge in [-0.25, -0.2) is 0 Å². The topological polar surface area (TPSA) is 87.7 Å². The zero-order valence-corrected chi connectivity index (χ0v) is 19.8. The number of nitrogens with one attached hydrogen (secondary N) is 2. The maximum absolute atomic E-state index is 13.1. The third-order valence-corrected chi connectivity index (χ3v) is 5.60. The minimum atomic E-state index is -0.428. The maximum atomic E-state index is 13.1. The van der Waals surface area contributed by atoms with Gasteiger partial charge in [0.1, 0.15) is 6.54 Å². The molecule has 0 aromatic heterocycles. The Bertz CT molecular complexity index is 1080. The van der Waals surface area contributed by atoms with E-state index in [4.69, 9.17) is 16.3 Å². The second-order valence-electron chi connectivity index (χ2n) is 7.88. The van der Waals surface area contributed by atoms with Crippen LogP contribution >= 0.6 is 11.6 Å². The van der Waals surface area contributed by atoms with Gasteiger partial charge in [0.2, 0.25) is 5.91 Å². The van der Waals surface area contributed by atoms with Crippen LogP contribution in [0.15, 0.2) is 48.2 Å². The third kappa shape index (κ3) is 6.58. The molecule has 174 valence electrons. The number of halogens is 1. The van der Waals surface area contributed by atoms with E-state index in [9.17, 15) is 14.4 Å². The van der Waals surface area contributed by atoms with Gasteiger partial charge in [-0.3, -0.25) is 19.3 Å². The molecule has 0 saturated carbocycles. The Balaban J connectivity index is 1.75. The van der Waals surface area contributed by atoms with Gasteiger partial charge in [-0.05, 0) is 68.1 Å². The number of hydrogen-bond donors (Lipinski definition) is 2. The Hall–Kier alpha value is -3.32. The van der Waals surface area contributed by atoms with Crippen LogP contribution in [-0.4, -0.2) is 37.5 Å². The van der Waals surface area contributed by atoms with Gasteiger partial charge in [-0.2, -0.15) is 0 Å². The van der Waals surface area contributed by atoms with E-state index in [1.807, 2.05) is 50.2 Å². The highest BCUT2D eigenvalue weighted by atomic mass is 35.5. The van der Waals surface area contributed by atoms with Crippen molar-refractivity contribution in [3.8, 4) is 0 Å². The monoisotopic (exact) mass is 469 g/mol. The van der Waals surface area contributed by atoms with E-state index in [0.29, 0.717) is 35.1 Å². The van der Waals surface area contributed by atoms with Crippen LogP contribution in [0, 0.1) is 13.8 Å². The summed E-state index contributed by atoms with van der Waals surface area (Å²) < 4.78 is 5.01. The molecule has 8 heteroatoms. The van der Waals surface area contributed by atoms with Crippen molar-refractivity contribution in [3.05, 3.63) is 69.9 Å². The van der Waals surface area contributed by atoms with Crippen molar-refractivity contribution < 1.29 is 19.1 Å². The maximum Gasteiger partial charge on any atom is 0.311 e. The molecule has 0 fully saturated rings. The van der Waals surface area contributed by atoms with Gasteiger partial charge in [0.25, 0.3) is 5.91 Å². The van der Waals surface area contributed by atoms with Crippen molar-refractivity contribution in [3.63, 3.8) is 0 Å². The summed E-state index contributed by atoms with van der Waals surface area (Å²) in [4.78, 5) is 39.1. The van der Waals surface area contributed by atoms with Crippen molar-refractivity contribution in [2.75, 3.05) is 29.9 Å². The number of amides is 2. The zero-order valence-electron chi connectivity index (χ0n) is 19.0. The summed E-state index contributed by atoms with van der Waals surface area (Å²) in [5.41, 5.74) is 4.75. The molecule has 3 rings (SSSR count). The molecule has 0 bridgehead atoms. The molecule has 0 unspecified atom stereocenters. The molecule has 7 nitrogen and oxygen atoms in total. The van der Waals surface area contributed by atoms with Crippen LogP contribution in [0.25, 0.3) is 0 Å². The molecule has 0 atom stereocenters. The number of nitrogens with zero attached hydrogens (tertiary/aromatic N) is 1. The number of esters is 1. The molecule has 2 N–H and O–H groups in total. The normalized spacial score (nSPS) is 12.9. The lowest BCUT2D eigenvalue weighted by atomic mass is 10.1. The standard InChI is InChI=1S/C25H28ClN3O4/c1-4-33-25(32)14-20-13-24(31)29(22-12-17(3)16(2)11-21(22)28-20)15-23(30)27-10-9-18-5-7-19(26)8-6-18/h5-8,11-13,28H,4,9-10,14-15H2,1-3H3,(H,27,30). The highest BCUT2D eigenvalue weighted by Crippen LogP contribution is 2.33. The van der Waals surface area contributed by atoms with Gasteiger partial charge in [0.15, 0.2) is 0 Å². The molecule has 1 aliphatic heterocycles. The first-order valence-electron chi connectivity index (χ1n) is 10.8. The summed E-state index contributed by atoms with van der Waals surface area (Å²) in [7, 11) is 0. The smallest absolute Gasteiger partial charge is 0.311 e. The number of hydrogen-bond acceptors (Lipinski definition) is 5. The number of carbonyl (C=O) groups is 3. The van der Waals surface area contributed by atoms with Crippen molar-refractivity contribution in [1.82, 2.24) is 5.32 Å². The largest absolute Gasteiger partial charge is 0.466 e. The van der Waals surface area contributed by atoms with E-state index >= 15 is 0 Å². The number of carbonyl (C=O) groups excluding carboxylic acids is 3. The molecule has 0 saturated heterocycles. The van der Waals surface area contributed by atoms with Gasteiger partial charge in [-0.1, -0.05) is 23.7 Å². The summed E-state index contributed by atoms with van der Waals surface area (Å²) >= 11 is 5.90. The zero-order chi connectivity index (χ0) is 24.0.